The normalized spacial score (nSPS) is 13.1. The summed E-state index contributed by atoms with van der Waals surface area (Å²) in [5.74, 6) is 0. The van der Waals surface area contributed by atoms with Crippen molar-refractivity contribution in [3.05, 3.63) is 33.4 Å². The Kier molecular flexibility index (Phi) is 5.56. The summed E-state index contributed by atoms with van der Waals surface area (Å²) in [5.41, 5.74) is 1.38. The van der Waals surface area contributed by atoms with E-state index in [0.29, 0.717) is 6.04 Å². The van der Waals surface area contributed by atoms with E-state index in [-0.39, 0.29) is 0 Å². The fourth-order valence-electron chi connectivity index (χ4n) is 1.48. The second-order valence-electron chi connectivity index (χ2n) is 3.81. The second-order valence-corrected chi connectivity index (χ2v) is 5.06. The minimum absolute atomic E-state index is 0.482. The standard InChI is InChI=1S/C12H19IN2/c1-10(15(3)9-8-14-2)11-4-6-12(13)7-5-11/h4-7,10,14H,8-9H2,1-3H3. The molecule has 2 nitrogen and oxygen atoms in total. The van der Waals surface area contributed by atoms with Crippen LogP contribution in [0.3, 0.4) is 0 Å². The molecule has 1 N–H and O–H groups in total. The van der Waals surface area contributed by atoms with Gasteiger partial charge in [-0.3, -0.25) is 4.90 Å². The average Bonchev–Trinajstić information content (AvgIpc) is 2.26. The van der Waals surface area contributed by atoms with E-state index in [1.54, 1.807) is 0 Å². The highest BCUT2D eigenvalue weighted by Gasteiger charge is 2.10. The van der Waals surface area contributed by atoms with Gasteiger partial charge in [0.1, 0.15) is 0 Å². The number of likely N-dealkylation sites (N-methyl/N-ethyl adjacent to an activating group) is 2. The summed E-state index contributed by atoms with van der Waals surface area (Å²) in [6.45, 7) is 4.35. The molecule has 1 aromatic carbocycles. The fraction of sp³-hybridized carbons (Fsp3) is 0.500. The van der Waals surface area contributed by atoms with Gasteiger partial charge in [0, 0.05) is 22.7 Å². The SMILES string of the molecule is CNCCN(C)C(C)c1ccc(I)cc1. The molecule has 0 aliphatic carbocycles. The molecule has 0 heterocycles. The molecule has 0 radical (unpaired) electrons. The summed E-state index contributed by atoms with van der Waals surface area (Å²) in [4.78, 5) is 2.36. The van der Waals surface area contributed by atoms with Crippen molar-refractivity contribution in [1.29, 1.82) is 0 Å². The first-order chi connectivity index (χ1) is 7.15. The molecule has 0 spiro atoms. The maximum atomic E-state index is 3.17. The Morgan fingerprint density at radius 2 is 1.93 bits per heavy atom. The van der Waals surface area contributed by atoms with Crippen molar-refractivity contribution >= 4 is 22.6 Å². The first kappa shape index (κ1) is 12.9. The van der Waals surface area contributed by atoms with Gasteiger partial charge in [-0.15, -0.1) is 0 Å². The lowest BCUT2D eigenvalue weighted by Crippen LogP contribution is -2.29. The minimum Gasteiger partial charge on any atom is -0.318 e. The van der Waals surface area contributed by atoms with Gasteiger partial charge in [-0.2, -0.15) is 0 Å². The zero-order valence-electron chi connectivity index (χ0n) is 9.63. The number of nitrogens with one attached hydrogen (secondary N) is 1. The Labute approximate surface area is 106 Å². The third-order valence-electron chi connectivity index (χ3n) is 2.73. The van der Waals surface area contributed by atoms with E-state index >= 15 is 0 Å². The quantitative estimate of drug-likeness (QED) is 0.839. The maximum absolute atomic E-state index is 3.17. The van der Waals surface area contributed by atoms with Crippen molar-refractivity contribution in [1.82, 2.24) is 10.2 Å². The van der Waals surface area contributed by atoms with E-state index in [0.717, 1.165) is 13.1 Å². The molecule has 15 heavy (non-hydrogen) atoms. The summed E-state index contributed by atoms with van der Waals surface area (Å²) >= 11 is 2.34. The number of hydrogen-bond donors (Lipinski definition) is 1. The number of rotatable bonds is 5. The highest BCUT2D eigenvalue weighted by Crippen LogP contribution is 2.19. The molecule has 84 valence electrons. The molecule has 0 aliphatic heterocycles. The van der Waals surface area contributed by atoms with Crippen LogP contribution in [0.5, 0.6) is 0 Å². The van der Waals surface area contributed by atoms with Crippen LogP contribution in [0, 0.1) is 3.57 Å². The predicted molar refractivity (Wildman–Crippen MR) is 74.1 cm³/mol. The lowest BCUT2D eigenvalue weighted by atomic mass is 10.1. The number of nitrogens with zero attached hydrogens (tertiary/aromatic N) is 1. The molecule has 0 fully saturated rings. The Balaban J connectivity index is 2.59. The van der Waals surface area contributed by atoms with Crippen LogP contribution in [-0.4, -0.2) is 32.1 Å². The van der Waals surface area contributed by atoms with Gasteiger partial charge < -0.3 is 5.32 Å². The van der Waals surface area contributed by atoms with Gasteiger partial charge in [0.15, 0.2) is 0 Å². The summed E-state index contributed by atoms with van der Waals surface area (Å²) in [6.07, 6.45) is 0. The molecule has 0 aliphatic rings. The van der Waals surface area contributed by atoms with E-state index in [1.807, 2.05) is 7.05 Å². The summed E-state index contributed by atoms with van der Waals surface area (Å²) in [6, 6.07) is 9.23. The van der Waals surface area contributed by atoms with Crippen molar-refractivity contribution < 1.29 is 0 Å². The van der Waals surface area contributed by atoms with Crippen LogP contribution in [0.2, 0.25) is 0 Å². The van der Waals surface area contributed by atoms with Gasteiger partial charge in [0.05, 0.1) is 0 Å². The van der Waals surface area contributed by atoms with Gasteiger partial charge in [-0.25, -0.2) is 0 Å². The Bertz CT molecular complexity index is 284. The van der Waals surface area contributed by atoms with Crippen LogP contribution in [0.25, 0.3) is 0 Å². The molecule has 1 atom stereocenters. The molecule has 0 saturated heterocycles. The minimum atomic E-state index is 0.482. The highest BCUT2D eigenvalue weighted by atomic mass is 127. The Hall–Kier alpha value is -0.130. The van der Waals surface area contributed by atoms with Crippen LogP contribution in [0.1, 0.15) is 18.5 Å². The van der Waals surface area contributed by atoms with E-state index in [4.69, 9.17) is 0 Å². The molecular weight excluding hydrogens is 299 g/mol. The molecule has 0 saturated carbocycles. The van der Waals surface area contributed by atoms with Gasteiger partial charge >= 0.3 is 0 Å². The number of halogens is 1. The van der Waals surface area contributed by atoms with Gasteiger partial charge in [-0.05, 0) is 61.3 Å². The third kappa shape index (κ3) is 4.09. The van der Waals surface area contributed by atoms with Crippen LogP contribution in [0.4, 0.5) is 0 Å². The van der Waals surface area contributed by atoms with Crippen molar-refractivity contribution in [3.8, 4) is 0 Å². The van der Waals surface area contributed by atoms with Crippen molar-refractivity contribution in [3.63, 3.8) is 0 Å². The molecular formula is C12H19IN2. The third-order valence-corrected chi connectivity index (χ3v) is 3.45. The average molecular weight is 318 g/mol. The van der Waals surface area contributed by atoms with E-state index < -0.39 is 0 Å². The van der Waals surface area contributed by atoms with Crippen LogP contribution >= 0.6 is 22.6 Å². The molecule has 3 heteroatoms. The van der Waals surface area contributed by atoms with Crippen molar-refractivity contribution in [2.45, 2.75) is 13.0 Å². The Morgan fingerprint density at radius 1 is 1.33 bits per heavy atom. The van der Waals surface area contributed by atoms with Crippen molar-refractivity contribution in [2.24, 2.45) is 0 Å². The predicted octanol–water partition coefficient (Wildman–Crippen LogP) is 2.50. The fourth-order valence-corrected chi connectivity index (χ4v) is 1.84. The number of hydrogen-bond acceptors (Lipinski definition) is 2. The number of benzene rings is 1. The van der Waals surface area contributed by atoms with Gasteiger partial charge in [0.25, 0.3) is 0 Å². The van der Waals surface area contributed by atoms with Crippen LogP contribution < -0.4 is 5.32 Å². The molecule has 1 rings (SSSR count). The molecule has 1 aromatic rings. The molecule has 0 aromatic heterocycles. The van der Waals surface area contributed by atoms with E-state index in [9.17, 15) is 0 Å². The Morgan fingerprint density at radius 3 is 2.47 bits per heavy atom. The maximum Gasteiger partial charge on any atom is 0.0317 e. The van der Waals surface area contributed by atoms with E-state index in [2.05, 4.69) is 71.0 Å². The van der Waals surface area contributed by atoms with Crippen LogP contribution in [-0.2, 0) is 0 Å². The van der Waals surface area contributed by atoms with Gasteiger partial charge in [0.2, 0.25) is 0 Å². The summed E-state index contributed by atoms with van der Waals surface area (Å²) in [5, 5.41) is 3.17. The first-order valence-corrected chi connectivity index (χ1v) is 6.33. The smallest absolute Gasteiger partial charge is 0.0317 e. The summed E-state index contributed by atoms with van der Waals surface area (Å²) < 4.78 is 1.29. The largest absolute Gasteiger partial charge is 0.318 e. The van der Waals surface area contributed by atoms with Crippen LogP contribution in [0.15, 0.2) is 24.3 Å². The molecule has 0 amide bonds. The summed E-state index contributed by atoms with van der Waals surface area (Å²) in [7, 11) is 4.16. The lowest BCUT2D eigenvalue weighted by Gasteiger charge is -2.24. The van der Waals surface area contributed by atoms with E-state index in [1.165, 1.54) is 9.13 Å². The van der Waals surface area contributed by atoms with Crippen molar-refractivity contribution in [2.75, 3.05) is 27.2 Å². The van der Waals surface area contributed by atoms with Gasteiger partial charge in [-0.1, -0.05) is 12.1 Å². The molecule has 1 unspecified atom stereocenters. The lowest BCUT2D eigenvalue weighted by molar-refractivity contribution is 0.263. The first-order valence-electron chi connectivity index (χ1n) is 5.25. The monoisotopic (exact) mass is 318 g/mol. The molecule has 0 bridgehead atoms. The second kappa shape index (κ2) is 6.45. The topological polar surface area (TPSA) is 15.3 Å². The zero-order chi connectivity index (χ0) is 11.3. The highest BCUT2D eigenvalue weighted by molar-refractivity contribution is 14.1. The zero-order valence-corrected chi connectivity index (χ0v) is 11.8.